The highest BCUT2D eigenvalue weighted by Crippen LogP contribution is 2.25. The van der Waals surface area contributed by atoms with Crippen LogP contribution < -0.4 is 15.5 Å². The zero-order chi connectivity index (χ0) is 14.7. The molecule has 0 spiro atoms. The van der Waals surface area contributed by atoms with Crippen molar-refractivity contribution in [2.75, 3.05) is 31.1 Å². The van der Waals surface area contributed by atoms with E-state index in [1.165, 1.54) is 0 Å². The van der Waals surface area contributed by atoms with E-state index >= 15 is 0 Å². The first-order valence-corrected chi connectivity index (χ1v) is 7.85. The lowest BCUT2D eigenvalue weighted by molar-refractivity contribution is -0.130. The molecule has 1 unspecified atom stereocenters. The molecule has 0 aliphatic carbocycles. The fourth-order valence-corrected chi connectivity index (χ4v) is 3.16. The predicted molar refractivity (Wildman–Crippen MR) is 97.7 cm³/mol. The summed E-state index contributed by atoms with van der Waals surface area (Å²) in [4.78, 5) is 19.1. The van der Waals surface area contributed by atoms with Gasteiger partial charge in [0.05, 0.1) is 5.41 Å². The summed E-state index contributed by atoms with van der Waals surface area (Å²) in [5, 5.41) is 6.53. The largest absolute Gasteiger partial charge is 0.356 e. The second-order valence-electron chi connectivity index (χ2n) is 6.41. The maximum absolute atomic E-state index is 12.4. The average molecular weight is 361 g/mol. The standard InChI is InChI=1S/C16H24N4O.2ClH/c1-16(7-9-17-12-16)15(21)19-13-5-10-20(11-6-13)14-4-2-3-8-18-14;;/h2-4,8,13,17H,5-7,9-12H2,1H3,(H,19,21);2*1H. The molecule has 1 atom stereocenters. The summed E-state index contributed by atoms with van der Waals surface area (Å²) in [6.45, 7) is 5.72. The molecule has 130 valence electrons. The average Bonchev–Trinajstić information content (AvgIpc) is 2.97. The van der Waals surface area contributed by atoms with Gasteiger partial charge >= 0.3 is 0 Å². The Morgan fingerprint density at radius 3 is 2.65 bits per heavy atom. The highest BCUT2D eigenvalue weighted by Gasteiger charge is 2.37. The van der Waals surface area contributed by atoms with E-state index in [0.29, 0.717) is 6.04 Å². The topological polar surface area (TPSA) is 57.3 Å². The smallest absolute Gasteiger partial charge is 0.227 e. The molecule has 0 bridgehead atoms. The predicted octanol–water partition coefficient (Wildman–Crippen LogP) is 2.01. The van der Waals surface area contributed by atoms with E-state index in [2.05, 4.69) is 27.4 Å². The van der Waals surface area contributed by atoms with Gasteiger partial charge in [0.2, 0.25) is 5.91 Å². The number of hydrogen-bond acceptors (Lipinski definition) is 4. The lowest BCUT2D eigenvalue weighted by Crippen LogP contribution is -2.49. The van der Waals surface area contributed by atoms with E-state index < -0.39 is 0 Å². The second-order valence-corrected chi connectivity index (χ2v) is 6.41. The van der Waals surface area contributed by atoms with Gasteiger partial charge in [-0.2, -0.15) is 0 Å². The second kappa shape index (κ2) is 8.71. The van der Waals surface area contributed by atoms with Gasteiger partial charge in [-0.25, -0.2) is 4.98 Å². The molecule has 5 nitrogen and oxygen atoms in total. The molecule has 7 heteroatoms. The number of rotatable bonds is 3. The van der Waals surface area contributed by atoms with Gasteiger partial charge in [-0.3, -0.25) is 4.79 Å². The molecule has 0 aromatic carbocycles. The Balaban J connectivity index is 0.00000132. The van der Waals surface area contributed by atoms with Gasteiger partial charge in [-0.05, 0) is 44.9 Å². The number of amides is 1. The van der Waals surface area contributed by atoms with E-state index in [0.717, 1.165) is 51.3 Å². The van der Waals surface area contributed by atoms with Crippen molar-refractivity contribution in [3.63, 3.8) is 0 Å². The van der Waals surface area contributed by atoms with Crippen LogP contribution in [0, 0.1) is 5.41 Å². The van der Waals surface area contributed by atoms with Crippen molar-refractivity contribution >= 4 is 36.5 Å². The van der Waals surface area contributed by atoms with E-state index in [-0.39, 0.29) is 36.1 Å². The van der Waals surface area contributed by atoms with Gasteiger partial charge < -0.3 is 15.5 Å². The van der Waals surface area contributed by atoms with Gasteiger partial charge in [0, 0.05) is 31.9 Å². The molecule has 1 aromatic rings. The molecule has 2 saturated heterocycles. The summed E-state index contributed by atoms with van der Waals surface area (Å²) in [7, 11) is 0. The zero-order valence-corrected chi connectivity index (χ0v) is 15.1. The molecule has 1 aromatic heterocycles. The van der Waals surface area contributed by atoms with Gasteiger partial charge in [0.25, 0.3) is 0 Å². The number of pyridine rings is 1. The van der Waals surface area contributed by atoms with Crippen LogP contribution in [-0.4, -0.2) is 43.1 Å². The highest BCUT2D eigenvalue weighted by molar-refractivity contribution is 5.85. The molecular formula is C16H26Cl2N4O. The van der Waals surface area contributed by atoms with Crippen LogP contribution in [0.25, 0.3) is 0 Å². The van der Waals surface area contributed by atoms with Gasteiger partial charge in [-0.1, -0.05) is 6.07 Å². The maximum atomic E-state index is 12.4. The van der Waals surface area contributed by atoms with Gasteiger partial charge in [-0.15, -0.1) is 24.8 Å². The Morgan fingerprint density at radius 1 is 1.35 bits per heavy atom. The summed E-state index contributed by atoms with van der Waals surface area (Å²) >= 11 is 0. The van der Waals surface area contributed by atoms with Crippen LogP contribution in [0.4, 0.5) is 5.82 Å². The van der Waals surface area contributed by atoms with Crippen molar-refractivity contribution in [3.8, 4) is 0 Å². The third-order valence-corrected chi connectivity index (χ3v) is 4.72. The monoisotopic (exact) mass is 360 g/mol. The Kier molecular flexibility index (Phi) is 7.58. The molecule has 1 amide bonds. The summed E-state index contributed by atoms with van der Waals surface area (Å²) in [5.74, 6) is 1.25. The molecule has 3 rings (SSSR count). The van der Waals surface area contributed by atoms with Crippen molar-refractivity contribution < 1.29 is 4.79 Å². The number of anilines is 1. The third kappa shape index (κ3) is 4.72. The lowest BCUT2D eigenvalue weighted by atomic mass is 9.88. The van der Waals surface area contributed by atoms with Crippen LogP contribution in [0.1, 0.15) is 26.2 Å². The Morgan fingerprint density at radius 2 is 2.09 bits per heavy atom. The summed E-state index contributed by atoms with van der Waals surface area (Å²) in [6, 6.07) is 6.30. The quantitative estimate of drug-likeness (QED) is 0.865. The third-order valence-electron chi connectivity index (χ3n) is 4.72. The molecule has 2 aliphatic heterocycles. The Labute approximate surface area is 150 Å². The number of halogens is 2. The Hall–Kier alpha value is -1.04. The Bertz CT molecular complexity index is 486. The van der Waals surface area contributed by atoms with E-state index in [1.807, 2.05) is 24.4 Å². The van der Waals surface area contributed by atoms with E-state index in [9.17, 15) is 4.79 Å². The highest BCUT2D eigenvalue weighted by atomic mass is 35.5. The minimum atomic E-state index is -0.224. The number of aromatic nitrogens is 1. The lowest BCUT2D eigenvalue weighted by Gasteiger charge is -2.34. The van der Waals surface area contributed by atoms with Crippen LogP contribution in [0.5, 0.6) is 0 Å². The van der Waals surface area contributed by atoms with E-state index in [1.54, 1.807) is 0 Å². The molecule has 3 heterocycles. The molecule has 2 fully saturated rings. The maximum Gasteiger partial charge on any atom is 0.227 e. The number of nitrogens with zero attached hydrogens (tertiary/aromatic N) is 2. The first-order chi connectivity index (χ1) is 10.2. The summed E-state index contributed by atoms with van der Waals surface area (Å²) < 4.78 is 0. The number of carbonyl (C=O) groups is 1. The first-order valence-electron chi connectivity index (χ1n) is 7.85. The number of nitrogens with one attached hydrogen (secondary N) is 2. The minimum absolute atomic E-state index is 0. The summed E-state index contributed by atoms with van der Waals surface area (Å²) in [6.07, 6.45) is 4.75. The molecule has 2 N–H and O–H groups in total. The van der Waals surface area contributed by atoms with Crippen LogP contribution in [0.15, 0.2) is 24.4 Å². The normalized spacial score (nSPS) is 24.5. The summed E-state index contributed by atoms with van der Waals surface area (Å²) in [5.41, 5.74) is -0.224. The molecule has 0 radical (unpaired) electrons. The number of carbonyl (C=O) groups excluding carboxylic acids is 1. The molecule has 23 heavy (non-hydrogen) atoms. The van der Waals surface area contributed by atoms with Crippen LogP contribution in [0.3, 0.4) is 0 Å². The van der Waals surface area contributed by atoms with Gasteiger partial charge in [0.1, 0.15) is 5.82 Å². The number of hydrogen-bond donors (Lipinski definition) is 2. The first kappa shape index (κ1) is 20.0. The van der Waals surface area contributed by atoms with Crippen molar-refractivity contribution in [3.05, 3.63) is 24.4 Å². The minimum Gasteiger partial charge on any atom is -0.356 e. The van der Waals surface area contributed by atoms with Gasteiger partial charge in [0.15, 0.2) is 0 Å². The van der Waals surface area contributed by atoms with Crippen LogP contribution >= 0.6 is 24.8 Å². The molecule has 0 saturated carbocycles. The number of piperidine rings is 1. The van der Waals surface area contributed by atoms with Crippen molar-refractivity contribution in [2.45, 2.75) is 32.2 Å². The molecular weight excluding hydrogens is 335 g/mol. The van der Waals surface area contributed by atoms with Crippen molar-refractivity contribution in [1.82, 2.24) is 15.6 Å². The van der Waals surface area contributed by atoms with Crippen molar-refractivity contribution in [2.24, 2.45) is 5.41 Å². The van der Waals surface area contributed by atoms with Crippen molar-refractivity contribution in [1.29, 1.82) is 0 Å². The van der Waals surface area contributed by atoms with E-state index in [4.69, 9.17) is 0 Å². The van der Waals surface area contributed by atoms with Crippen LogP contribution in [0.2, 0.25) is 0 Å². The molecule has 2 aliphatic rings. The zero-order valence-electron chi connectivity index (χ0n) is 13.5. The fourth-order valence-electron chi connectivity index (χ4n) is 3.16. The fraction of sp³-hybridized carbons (Fsp3) is 0.625. The SMILES string of the molecule is CC1(C(=O)NC2CCN(c3ccccn3)CC2)CCNC1.Cl.Cl. The van der Waals surface area contributed by atoms with Crippen LogP contribution in [-0.2, 0) is 4.79 Å².